The first kappa shape index (κ1) is 22.0. The van der Waals surface area contributed by atoms with Gasteiger partial charge in [0, 0.05) is 12.1 Å². The minimum absolute atomic E-state index is 0.141. The summed E-state index contributed by atoms with van der Waals surface area (Å²) in [7, 11) is -1.73. The lowest BCUT2D eigenvalue weighted by Gasteiger charge is -2.29. The standard InChI is InChI=1S/C22H28N2O5S/c1-16-6-7-18(14-21(16)24-12-4-5-13-30(24,26)27)22(25)23-17(2)15-29-20-10-8-19(28-3)9-11-20/h6-11,14,17H,4-5,12-13,15H2,1-3H3,(H,23,25). The van der Waals surface area contributed by atoms with Crippen molar-refractivity contribution in [3.63, 3.8) is 0 Å². The molecule has 8 heteroatoms. The molecule has 30 heavy (non-hydrogen) atoms. The largest absolute Gasteiger partial charge is 0.497 e. The van der Waals surface area contributed by atoms with Crippen molar-refractivity contribution in [2.75, 3.05) is 30.3 Å². The number of hydrogen-bond acceptors (Lipinski definition) is 5. The Hall–Kier alpha value is -2.74. The first-order valence-electron chi connectivity index (χ1n) is 9.99. The first-order chi connectivity index (χ1) is 14.3. The highest BCUT2D eigenvalue weighted by Crippen LogP contribution is 2.28. The average molecular weight is 433 g/mol. The van der Waals surface area contributed by atoms with E-state index in [0.717, 1.165) is 17.7 Å². The van der Waals surface area contributed by atoms with E-state index in [1.165, 1.54) is 4.31 Å². The predicted octanol–water partition coefficient (Wildman–Crippen LogP) is 3.13. The van der Waals surface area contributed by atoms with Gasteiger partial charge >= 0.3 is 0 Å². The Morgan fingerprint density at radius 3 is 2.50 bits per heavy atom. The van der Waals surface area contributed by atoms with Gasteiger partial charge < -0.3 is 14.8 Å². The van der Waals surface area contributed by atoms with E-state index in [9.17, 15) is 13.2 Å². The number of rotatable bonds is 7. The molecule has 0 radical (unpaired) electrons. The number of ether oxygens (including phenoxy) is 2. The van der Waals surface area contributed by atoms with Crippen LogP contribution in [0, 0.1) is 6.92 Å². The highest BCUT2D eigenvalue weighted by Gasteiger charge is 2.27. The van der Waals surface area contributed by atoms with Gasteiger partial charge in [0.15, 0.2) is 0 Å². The van der Waals surface area contributed by atoms with Crippen molar-refractivity contribution in [2.24, 2.45) is 0 Å². The van der Waals surface area contributed by atoms with Crippen LogP contribution in [-0.2, 0) is 10.0 Å². The Morgan fingerprint density at radius 1 is 1.13 bits per heavy atom. The molecule has 1 heterocycles. The number of sulfonamides is 1. The van der Waals surface area contributed by atoms with Crippen LogP contribution in [0.4, 0.5) is 5.69 Å². The third kappa shape index (κ3) is 5.24. The SMILES string of the molecule is COc1ccc(OCC(C)NC(=O)c2ccc(C)c(N3CCCCS3(=O)=O)c2)cc1. The van der Waals surface area contributed by atoms with E-state index in [1.807, 2.05) is 13.8 Å². The quantitative estimate of drug-likeness (QED) is 0.727. The number of anilines is 1. The van der Waals surface area contributed by atoms with Gasteiger partial charge in [-0.05, 0) is 68.7 Å². The lowest BCUT2D eigenvalue weighted by atomic mass is 10.1. The van der Waals surface area contributed by atoms with Crippen LogP contribution in [-0.4, -0.2) is 46.4 Å². The van der Waals surface area contributed by atoms with E-state index in [2.05, 4.69) is 5.32 Å². The fourth-order valence-electron chi connectivity index (χ4n) is 3.32. The molecule has 1 amide bonds. The Bertz CT molecular complexity index is 989. The van der Waals surface area contributed by atoms with Crippen molar-refractivity contribution in [3.8, 4) is 11.5 Å². The monoisotopic (exact) mass is 432 g/mol. The van der Waals surface area contributed by atoms with E-state index < -0.39 is 10.0 Å². The normalized spacial score (nSPS) is 16.6. The molecule has 162 valence electrons. The summed E-state index contributed by atoms with van der Waals surface area (Å²) in [6, 6.07) is 12.1. The highest BCUT2D eigenvalue weighted by atomic mass is 32.2. The number of aryl methyl sites for hydroxylation is 1. The second-order valence-corrected chi connectivity index (χ2v) is 9.47. The third-order valence-electron chi connectivity index (χ3n) is 5.03. The second-order valence-electron chi connectivity index (χ2n) is 7.46. The number of methoxy groups -OCH3 is 1. The molecule has 0 spiro atoms. The van der Waals surface area contributed by atoms with Gasteiger partial charge in [-0.15, -0.1) is 0 Å². The number of amides is 1. The van der Waals surface area contributed by atoms with Crippen molar-refractivity contribution in [2.45, 2.75) is 32.7 Å². The Balaban J connectivity index is 1.64. The third-order valence-corrected chi connectivity index (χ3v) is 6.88. The molecule has 0 aliphatic carbocycles. The molecular formula is C22H28N2O5S. The van der Waals surface area contributed by atoms with E-state index >= 15 is 0 Å². The lowest BCUT2D eigenvalue weighted by molar-refractivity contribution is 0.0926. The molecule has 0 saturated carbocycles. The zero-order chi connectivity index (χ0) is 21.7. The summed E-state index contributed by atoms with van der Waals surface area (Å²) in [5, 5.41) is 2.90. The van der Waals surface area contributed by atoms with Crippen LogP contribution in [0.2, 0.25) is 0 Å². The summed E-state index contributed by atoms with van der Waals surface area (Å²) >= 11 is 0. The highest BCUT2D eigenvalue weighted by molar-refractivity contribution is 7.92. The molecule has 1 aliphatic heterocycles. The topological polar surface area (TPSA) is 84.9 Å². The Morgan fingerprint density at radius 2 is 1.83 bits per heavy atom. The number of hydrogen-bond donors (Lipinski definition) is 1. The van der Waals surface area contributed by atoms with Crippen molar-refractivity contribution in [3.05, 3.63) is 53.6 Å². The van der Waals surface area contributed by atoms with Gasteiger partial charge in [0.25, 0.3) is 5.91 Å². The number of nitrogens with one attached hydrogen (secondary N) is 1. The zero-order valence-electron chi connectivity index (χ0n) is 17.6. The average Bonchev–Trinajstić information content (AvgIpc) is 2.73. The molecule has 3 rings (SSSR count). The van der Waals surface area contributed by atoms with E-state index in [4.69, 9.17) is 9.47 Å². The molecule has 7 nitrogen and oxygen atoms in total. The van der Waals surface area contributed by atoms with Crippen LogP contribution in [0.1, 0.15) is 35.7 Å². The molecule has 1 aliphatic rings. The molecule has 1 N–H and O–H groups in total. The van der Waals surface area contributed by atoms with Crippen LogP contribution in [0.25, 0.3) is 0 Å². The second kappa shape index (κ2) is 9.38. The van der Waals surface area contributed by atoms with Crippen LogP contribution in [0.15, 0.2) is 42.5 Å². The molecule has 2 aromatic rings. The number of carbonyl (C=O) groups is 1. The number of benzene rings is 2. The van der Waals surface area contributed by atoms with Gasteiger partial charge in [-0.2, -0.15) is 0 Å². The van der Waals surface area contributed by atoms with Crippen LogP contribution in [0.5, 0.6) is 11.5 Å². The van der Waals surface area contributed by atoms with E-state index in [1.54, 1.807) is 49.6 Å². The number of carbonyl (C=O) groups excluding carboxylic acids is 1. The minimum atomic E-state index is -3.34. The molecule has 2 aromatic carbocycles. The summed E-state index contributed by atoms with van der Waals surface area (Å²) < 4.78 is 37.2. The van der Waals surface area contributed by atoms with Crippen LogP contribution in [0.3, 0.4) is 0 Å². The Labute approximate surface area is 178 Å². The van der Waals surface area contributed by atoms with E-state index in [-0.39, 0.29) is 17.7 Å². The number of nitrogens with zero attached hydrogens (tertiary/aromatic N) is 1. The molecule has 0 bridgehead atoms. The summed E-state index contributed by atoms with van der Waals surface area (Å²) in [6.45, 7) is 4.45. The maximum atomic E-state index is 12.7. The van der Waals surface area contributed by atoms with Gasteiger partial charge in [-0.1, -0.05) is 6.07 Å². The summed E-state index contributed by atoms with van der Waals surface area (Å²) in [4.78, 5) is 12.7. The van der Waals surface area contributed by atoms with Gasteiger partial charge in [0.05, 0.1) is 24.6 Å². The summed E-state index contributed by atoms with van der Waals surface area (Å²) in [5.74, 6) is 1.30. The molecule has 1 atom stereocenters. The minimum Gasteiger partial charge on any atom is -0.497 e. The maximum absolute atomic E-state index is 12.7. The predicted molar refractivity (Wildman–Crippen MR) is 117 cm³/mol. The fourth-order valence-corrected chi connectivity index (χ4v) is 5.01. The van der Waals surface area contributed by atoms with E-state index in [0.29, 0.717) is 36.6 Å². The zero-order valence-corrected chi connectivity index (χ0v) is 18.4. The van der Waals surface area contributed by atoms with Crippen molar-refractivity contribution >= 4 is 21.6 Å². The summed E-state index contributed by atoms with van der Waals surface area (Å²) in [5.41, 5.74) is 1.82. The Kier molecular flexibility index (Phi) is 6.87. The van der Waals surface area contributed by atoms with Crippen molar-refractivity contribution in [1.29, 1.82) is 0 Å². The maximum Gasteiger partial charge on any atom is 0.251 e. The molecule has 1 saturated heterocycles. The summed E-state index contributed by atoms with van der Waals surface area (Å²) in [6.07, 6.45) is 1.48. The van der Waals surface area contributed by atoms with Crippen molar-refractivity contribution in [1.82, 2.24) is 5.32 Å². The van der Waals surface area contributed by atoms with Gasteiger partial charge in [0.1, 0.15) is 18.1 Å². The van der Waals surface area contributed by atoms with Gasteiger partial charge in [0.2, 0.25) is 10.0 Å². The first-order valence-corrected chi connectivity index (χ1v) is 11.6. The smallest absolute Gasteiger partial charge is 0.251 e. The molecule has 1 unspecified atom stereocenters. The molecule has 1 fully saturated rings. The van der Waals surface area contributed by atoms with Gasteiger partial charge in [-0.3, -0.25) is 9.10 Å². The molecule has 0 aromatic heterocycles. The van der Waals surface area contributed by atoms with Crippen LogP contribution < -0.4 is 19.1 Å². The van der Waals surface area contributed by atoms with Crippen LogP contribution >= 0.6 is 0 Å². The fraction of sp³-hybridized carbons (Fsp3) is 0.409. The molecular weight excluding hydrogens is 404 g/mol. The van der Waals surface area contributed by atoms with Crippen molar-refractivity contribution < 1.29 is 22.7 Å². The lowest BCUT2D eigenvalue weighted by Crippen LogP contribution is -2.39. The van der Waals surface area contributed by atoms with Gasteiger partial charge in [-0.25, -0.2) is 8.42 Å².